The Labute approximate surface area is 124 Å². The number of carboxylic acids is 1. The number of rotatable bonds is 6. The van der Waals surface area contributed by atoms with Crippen molar-refractivity contribution < 1.29 is 14.8 Å². The zero-order valence-electron chi connectivity index (χ0n) is 10.6. The molecule has 0 spiro atoms. The molecule has 0 radical (unpaired) electrons. The van der Waals surface area contributed by atoms with Gasteiger partial charge >= 0.3 is 5.97 Å². The molecule has 7 heteroatoms. The molecule has 1 aromatic carbocycles. The molecule has 1 rings (SSSR count). The number of hydrogen-bond acceptors (Lipinski definition) is 4. The summed E-state index contributed by atoms with van der Waals surface area (Å²) in [6.45, 7) is 3.63. The van der Waals surface area contributed by atoms with Crippen molar-refractivity contribution in [2.24, 2.45) is 0 Å². The summed E-state index contributed by atoms with van der Waals surface area (Å²) in [5, 5.41) is 22.7. The molecule has 0 bridgehead atoms. The fourth-order valence-corrected chi connectivity index (χ4v) is 2.08. The van der Waals surface area contributed by atoms with Crippen LogP contribution in [0.15, 0.2) is 18.2 Å². The Kier molecular flexibility index (Phi) is 5.10. The Hall–Kier alpha value is -1.38. The predicted molar refractivity (Wildman–Crippen MR) is 80.4 cm³/mol. The van der Waals surface area contributed by atoms with Crippen LogP contribution in [-0.2, 0) is 4.79 Å². The lowest BCUT2D eigenvalue weighted by Crippen LogP contribution is -2.31. The van der Waals surface area contributed by atoms with E-state index in [4.69, 9.17) is 5.11 Å². The second-order valence-electron chi connectivity index (χ2n) is 4.82. The smallest absolute Gasteiger partial charge is 0.303 e. The largest absolute Gasteiger partial charge is 0.481 e. The first-order valence-corrected chi connectivity index (χ1v) is 6.73. The topological polar surface area (TPSA) is 92.5 Å². The van der Waals surface area contributed by atoms with Gasteiger partial charge in [-0.1, -0.05) is 0 Å². The first-order valence-electron chi connectivity index (χ1n) is 5.65. The van der Waals surface area contributed by atoms with Crippen LogP contribution >= 0.6 is 22.6 Å². The molecule has 0 aliphatic carbocycles. The highest BCUT2D eigenvalue weighted by Gasteiger charge is 2.23. The van der Waals surface area contributed by atoms with Crippen LogP contribution in [0.3, 0.4) is 0 Å². The van der Waals surface area contributed by atoms with Crippen molar-refractivity contribution >= 4 is 39.9 Å². The van der Waals surface area contributed by atoms with Gasteiger partial charge in [-0.15, -0.1) is 0 Å². The van der Waals surface area contributed by atoms with Crippen LogP contribution in [-0.4, -0.2) is 21.5 Å². The molecule has 0 unspecified atom stereocenters. The van der Waals surface area contributed by atoms with E-state index < -0.39 is 16.4 Å². The lowest BCUT2D eigenvalue weighted by Gasteiger charge is -2.26. The number of benzene rings is 1. The zero-order chi connectivity index (χ0) is 14.6. The highest BCUT2D eigenvalue weighted by molar-refractivity contribution is 14.1. The maximum atomic E-state index is 11.0. The summed E-state index contributed by atoms with van der Waals surface area (Å²) in [5.41, 5.74) is -0.133. The quantitative estimate of drug-likeness (QED) is 0.450. The minimum absolute atomic E-state index is 0.00435. The molecule has 0 heterocycles. The van der Waals surface area contributed by atoms with E-state index in [1.165, 1.54) is 6.07 Å². The molecule has 0 aliphatic rings. The van der Waals surface area contributed by atoms with Gasteiger partial charge < -0.3 is 10.4 Å². The van der Waals surface area contributed by atoms with E-state index in [9.17, 15) is 14.9 Å². The SMILES string of the molecule is CC(C)(CCC(=O)O)Nc1ccc(I)cc1[N+](=O)[O-]. The molecular weight excluding hydrogens is 363 g/mol. The Bertz CT molecular complexity index is 503. The van der Waals surface area contributed by atoms with Crippen molar-refractivity contribution in [1.29, 1.82) is 0 Å². The van der Waals surface area contributed by atoms with Gasteiger partial charge in [0.25, 0.3) is 5.69 Å². The summed E-state index contributed by atoms with van der Waals surface area (Å²) in [7, 11) is 0. The maximum Gasteiger partial charge on any atom is 0.303 e. The number of hydrogen-bond donors (Lipinski definition) is 2. The normalized spacial score (nSPS) is 11.1. The third-order valence-electron chi connectivity index (χ3n) is 2.59. The van der Waals surface area contributed by atoms with Gasteiger partial charge in [0.05, 0.1) is 4.92 Å². The Balaban J connectivity index is 2.92. The number of aliphatic carboxylic acids is 1. The van der Waals surface area contributed by atoms with Crippen LogP contribution < -0.4 is 5.32 Å². The minimum Gasteiger partial charge on any atom is -0.481 e. The number of anilines is 1. The fraction of sp³-hybridized carbons (Fsp3) is 0.417. The molecule has 2 N–H and O–H groups in total. The summed E-state index contributed by atoms with van der Waals surface area (Å²) in [6, 6.07) is 4.89. The maximum absolute atomic E-state index is 11.0. The third kappa shape index (κ3) is 5.01. The number of carbonyl (C=O) groups is 1. The second-order valence-corrected chi connectivity index (χ2v) is 6.07. The Morgan fingerprint density at radius 1 is 1.53 bits per heavy atom. The average molecular weight is 378 g/mol. The average Bonchev–Trinajstić information content (AvgIpc) is 2.28. The van der Waals surface area contributed by atoms with Crippen LogP contribution in [0.2, 0.25) is 0 Å². The molecule has 104 valence electrons. The highest BCUT2D eigenvalue weighted by atomic mass is 127. The van der Waals surface area contributed by atoms with Gasteiger partial charge in [0, 0.05) is 21.6 Å². The van der Waals surface area contributed by atoms with E-state index in [1.54, 1.807) is 12.1 Å². The molecule has 0 amide bonds. The zero-order valence-corrected chi connectivity index (χ0v) is 12.8. The number of halogens is 1. The number of carboxylic acid groups (broad SMARTS) is 1. The van der Waals surface area contributed by atoms with Crippen LogP contribution in [0.25, 0.3) is 0 Å². The van der Waals surface area contributed by atoms with Crippen molar-refractivity contribution in [1.82, 2.24) is 0 Å². The standard InChI is InChI=1S/C12H15IN2O4/c1-12(2,6-5-11(16)17)14-9-4-3-8(13)7-10(9)15(18)19/h3-4,7,14H,5-6H2,1-2H3,(H,16,17). The van der Waals surface area contributed by atoms with E-state index in [-0.39, 0.29) is 12.1 Å². The van der Waals surface area contributed by atoms with Crippen LogP contribution in [0, 0.1) is 13.7 Å². The molecule has 0 saturated carbocycles. The molecule has 0 atom stereocenters. The van der Waals surface area contributed by atoms with E-state index in [0.29, 0.717) is 12.1 Å². The lowest BCUT2D eigenvalue weighted by molar-refractivity contribution is -0.384. The number of nitrogens with one attached hydrogen (secondary N) is 1. The summed E-state index contributed by atoms with van der Waals surface area (Å²) in [5.74, 6) is -0.882. The summed E-state index contributed by atoms with van der Waals surface area (Å²) >= 11 is 2.01. The van der Waals surface area contributed by atoms with Gasteiger partial charge in [0.1, 0.15) is 5.69 Å². The second kappa shape index (κ2) is 6.18. The fourth-order valence-electron chi connectivity index (χ4n) is 1.61. The summed E-state index contributed by atoms with van der Waals surface area (Å²) in [4.78, 5) is 21.1. The van der Waals surface area contributed by atoms with Crippen LogP contribution in [0.5, 0.6) is 0 Å². The van der Waals surface area contributed by atoms with E-state index in [1.807, 2.05) is 36.4 Å². The third-order valence-corrected chi connectivity index (χ3v) is 3.26. The van der Waals surface area contributed by atoms with Crippen LogP contribution in [0.4, 0.5) is 11.4 Å². The van der Waals surface area contributed by atoms with Crippen molar-refractivity contribution in [3.63, 3.8) is 0 Å². The summed E-state index contributed by atoms with van der Waals surface area (Å²) < 4.78 is 0.776. The van der Waals surface area contributed by atoms with Crippen molar-refractivity contribution in [2.45, 2.75) is 32.2 Å². The van der Waals surface area contributed by atoms with Gasteiger partial charge in [0.15, 0.2) is 0 Å². The number of nitro groups is 1. The highest BCUT2D eigenvalue weighted by Crippen LogP contribution is 2.30. The molecular formula is C12H15IN2O4. The van der Waals surface area contributed by atoms with E-state index in [2.05, 4.69) is 5.32 Å². The van der Waals surface area contributed by atoms with Crippen molar-refractivity contribution in [3.05, 3.63) is 31.9 Å². The minimum atomic E-state index is -0.882. The molecule has 6 nitrogen and oxygen atoms in total. The monoisotopic (exact) mass is 378 g/mol. The molecule has 0 aromatic heterocycles. The summed E-state index contributed by atoms with van der Waals surface area (Å²) in [6.07, 6.45) is 0.392. The molecule has 19 heavy (non-hydrogen) atoms. The number of nitro benzene ring substituents is 1. The van der Waals surface area contributed by atoms with Gasteiger partial charge in [-0.2, -0.15) is 0 Å². The van der Waals surface area contributed by atoms with Gasteiger partial charge in [-0.3, -0.25) is 14.9 Å². The first-order chi connectivity index (χ1) is 8.71. The van der Waals surface area contributed by atoms with Crippen molar-refractivity contribution in [3.8, 4) is 0 Å². The van der Waals surface area contributed by atoms with Crippen molar-refractivity contribution in [2.75, 3.05) is 5.32 Å². The lowest BCUT2D eigenvalue weighted by atomic mass is 9.97. The molecule has 0 saturated heterocycles. The van der Waals surface area contributed by atoms with Crippen LogP contribution in [0.1, 0.15) is 26.7 Å². The molecule has 0 aliphatic heterocycles. The van der Waals surface area contributed by atoms with Gasteiger partial charge in [-0.25, -0.2) is 0 Å². The molecule has 1 aromatic rings. The van der Waals surface area contributed by atoms with E-state index in [0.717, 1.165) is 3.57 Å². The first kappa shape index (κ1) is 15.7. The van der Waals surface area contributed by atoms with Gasteiger partial charge in [0.2, 0.25) is 0 Å². The van der Waals surface area contributed by atoms with E-state index >= 15 is 0 Å². The Morgan fingerprint density at radius 3 is 2.68 bits per heavy atom. The Morgan fingerprint density at radius 2 is 2.16 bits per heavy atom. The molecule has 0 fully saturated rings. The van der Waals surface area contributed by atoms with Gasteiger partial charge in [-0.05, 0) is 55.0 Å². The number of nitrogens with zero attached hydrogens (tertiary/aromatic N) is 1. The predicted octanol–water partition coefficient (Wildman–Crippen LogP) is 3.25.